The molecule has 0 aromatic rings. The third-order valence-corrected chi connectivity index (χ3v) is 2.74. The Kier molecular flexibility index (Phi) is 2.61. The molecule has 80 valence electrons. The Balaban J connectivity index is 2.87. The molecule has 0 aromatic carbocycles. The molecule has 1 saturated carbocycles. The van der Waals surface area contributed by atoms with E-state index in [1.165, 1.54) is 0 Å². The summed E-state index contributed by atoms with van der Waals surface area (Å²) in [5, 5.41) is 0. The van der Waals surface area contributed by atoms with Crippen molar-refractivity contribution in [3.63, 3.8) is 0 Å². The van der Waals surface area contributed by atoms with Gasteiger partial charge in [0.05, 0.1) is 13.0 Å². The van der Waals surface area contributed by atoms with E-state index in [0.29, 0.717) is 0 Å². The molecule has 0 radical (unpaired) electrons. The molecule has 2 atom stereocenters. The second kappa shape index (κ2) is 3.29. The van der Waals surface area contributed by atoms with E-state index in [2.05, 4.69) is 4.74 Å². The van der Waals surface area contributed by atoms with Crippen LogP contribution in [-0.4, -0.2) is 13.1 Å². The predicted octanol–water partition coefficient (Wildman–Crippen LogP) is 2.51. The van der Waals surface area contributed by atoms with Gasteiger partial charge >= 0.3 is 12.0 Å². The highest BCUT2D eigenvalue weighted by atomic mass is 19.3. The molecule has 0 amide bonds. The molecule has 2 unspecified atom stereocenters. The minimum atomic E-state index is -2.35. The largest absolute Gasteiger partial charge is 0.469 e. The van der Waals surface area contributed by atoms with Gasteiger partial charge in [-0.15, -0.1) is 0 Å². The number of rotatable bonds is 2. The fourth-order valence-corrected chi connectivity index (χ4v) is 1.80. The Morgan fingerprint density at radius 3 is 2.07 bits per heavy atom. The van der Waals surface area contributed by atoms with E-state index in [1.54, 1.807) is 13.8 Å². The Morgan fingerprint density at radius 1 is 1.21 bits per heavy atom. The molecular weight excluding hydrogens is 197 g/mol. The number of ether oxygens (including phenoxy) is 1. The summed E-state index contributed by atoms with van der Waals surface area (Å²) in [4.78, 5) is 11.1. The van der Waals surface area contributed by atoms with Gasteiger partial charge in [-0.25, -0.2) is 4.39 Å². The van der Waals surface area contributed by atoms with E-state index < -0.39 is 35.1 Å². The number of allylic oxidation sites excluding steroid dienone is 1. The first kappa shape index (κ1) is 11.1. The molecule has 0 aliphatic heterocycles. The van der Waals surface area contributed by atoms with Crippen molar-refractivity contribution in [3.05, 3.63) is 11.9 Å². The maximum atomic E-state index is 12.9. The molecule has 0 heterocycles. The Labute approximate surface area is 79.7 Å². The van der Waals surface area contributed by atoms with Crippen LogP contribution in [0.4, 0.5) is 13.2 Å². The van der Waals surface area contributed by atoms with Gasteiger partial charge in [-0.05, 0) is 5.41 Å². The zero-order valence-corrected chi connectivity index (χ0v) is 8.11. The van der Waals surface area contributed by atoms with Crippen LogP contribution in [-0.2, 0) is 9.53 Å². The van der Waals surface area contributed by atoms with Crippen LogP contribution in [0.1, 0.15) is 13.8 Å². The minimum Gasteiger partial charge on any atom is -0.469 e. The van der Waals surface area contributed by atoms with Crippen LogP contribution in [0.15, 0.2) is 11.9 Å². The van der Waals surface area contributed by atoms with Crippen molar-refractivity contribution in [3.8, 4) is 0 Å². The molecule has 1 aliphatic carbocycles. The number of methoxy groups -OCH3 is 1. The molecule has 1 rings (SSSR count). The summed E-state index contributed by atoms with van der Waals surface area (Å²) in [5.41, 5.74) is -0.777. The van der Waals surface area contributed by atoms with Crippen molar-refractivity contribution in [1.29, 1.82) is 0 Å². The standard InChI is InChI=1S/C9H11F3O2/c1-9(2)4(6(10)7(11)12)5(9)8(13)14-3/h4-5H,1-3H3. The third kappa shape index (κ3) is 1.51. The molecule has 0 saturated heterocycles. The summed E-state index contributed by atoms with van der Waals surface area (Å²) in [5.74, 6) is -3.98. The normalized spacial score (nSPS) is 28.1. The van der Waals surface area contributed by atoms with Crippen LogP contribution < -0.4 is 0 Å². The lowest BCUT2D eigenvalue weighted by atomic mass is 10.1. The maximum Gasteiger partial charge on any atom is 0.309 e. The molecule has 1 fully saturated rings. The van der Waals surface area contributed by atoms with Gasteiger partial charge < -0.3 is 4.74 Å². The first-order valence-electron chi connectivity index (χ1n) is 4.12. The van der Waals surface area contributed by atoms with Gasteiger partial charge in [-0.1, -0.05) is 13.8 Å². The average molecular weight is 208 g/mol. The van der Waals surface area contributed by atoms with Gasteiger partial charge in [0.2, 0.25) is 0 Å². The maximum absolute atomic E-state index is 12.9. The third-order valence-electron chi connectivity index (χ3n) is 2.74. The topological polar surface area (TPSA) is 26.3 Å². The molecule has 5 heteroatoms. The van der Waals surface area contributed by atoms with E-state index in [9.17, 15) is 18.0 Å². The lowest BCUT2D eigenvalue weighted by Crippen LogP contribution is -2.07. The summed E-state index contributed by atoms with van der Waals surface area (Å²) in [6.07, 6.45) is -2.35. The molecule has 2 nitrogen and oxygen atoms in total. The van der Waals surface area contributed by atoms with Gasteiger partial charge in [-0.2, -0.15) is 8.78 Å². The smallest absolute Gasteiger partial charge is 0.309 e. The molecule has 0 aromatic heterocycles. The lowest BCUT2D eigenvalue weighted by Gasteiger charge is -1.99. The summed E-state index contributed by atoms with van der Waals surface area (Å²) in [7, 11) is 1.15. The van der Waals surface area contributed by atoms with E-state index in [0.717, 1.165) is 7.11 Å². The predicted molar refractivity (Wildman–Crippen MR) is 43.1 cm³/mol. The molecule has 0 N–H and O–H groups in total. The lowest BCUT2D eigenvalue weighted by molar-refractivity contribution is -0.143. The fourth-order valence-electron chi connectivity index (χ4n) is 1.80. The molecule has 0 bridgehead atoms. The highest BCUT2D eigenvalue weighted by Gasteiger charge is 2.65. The van der Waals surface area contributed by atoms with Crippen LogP contribution in [0.5, 0.6) is 0 Å². The van der Waals surface area contributed by atoms with Gasteiger partial charge in [0, 0.05) is 5.92 Å². The number of halogens is 3. The van der Waals surface area contributed by atoms with Crippen LogP contribution in [0, 0.1) is 17.3 Å². The zero-order valence-electron chi connectivity index (χ0n) is 8.11. The first-order valence-corrected chi connectivity index (χ1v) is 4.12. The highest BCUT2D eigenvalue weighted by Crippen LogP contribution is 2.63. The molecule has 1 aliphatic rings. The Bertz CT molecular complexity index is 292. The number of carbonyl (C=O) groups excluding carboxylic acids is 1. The number of esters is 1. The average Bonchev–Trinajstić information content (AvgIpc) is 2.66. The van der Waals surface area contributed by atoms with Gasteiger partial charge in [-0.3, -0.25) is 4.79 Å². The summed E-state index contributed by atoms with van der Waals surface area (Å²) in [6, 6.07) is 0. The van der Waals surface area contributed by atoms with Crippen LogP contribution in [0.2, 0.25) is 0 Å². The second-order valence-corrected chi connectivity index (χ2v) is 3.91. The van der Waals surface area contributed by atoms with E-state index in [1.807, 2.05) is 0 Å². The zero-order chi connectivity index (χ0) is 11.1. The van der Waals surface area contributed by atoms with Crippen LogP contribution in [0.3, 0.4) is 0 Å². The second-order valence-electron chi connectivity index (χ2n) is 3.91. The fraction of sp³-hybridized carbons (Fsp3) is 0.667. The van der Waals surface area contributed by atoms with Crippen molar-refractivity contribution >= 4 is 5.97 Å². The van der Waals surface area contributed by atoms with Crippen molar-refractivity contribution in [2.45, 2.75) is 13.8 Å². The van der Waals surface area contributed by atoms with Gasteiger partial charge in [0.1, 0.15) is 0 Å². The quantitative estimate of drug-likeness (QED) is 0.652. The highest BCUT2D eigenvalue weighted by molar-refractivity contribution is 5.78. The Morgan fingerprint density at radius 2 is 1.71 bits per heavy atom. The van der Waals surface area contributed by atoms with Gasteiger partial charge in [0.15, 0.2) is 5.83 Å². The summed E-state index contributed by atoms with van der Waals surface area (Å²) >= 11 is 0. The van der Waals surface area contributed by atoms with Crippen molar-refractivity contribution in [2.75, 3.05) is 7.11 Å². The molecular formula is C9H11F3O2. The van der Waals surface area contributed by atoms with E-state index in [4.69, 9.17) is 0 Å². The van der Waals surface area contributed by atoms with E-state index in [-0.39, 0.29) is 0 Å². The number of hydrogen-bond donors (Lipinski definition) is 0. The Hall–Kier alpha value is -1.00. The molecule has 14 heavy (non-hydrogen) atoms. The van der Waals surface area contributed by atoms with Crippen LogP contribution >= 0.6 is 0 Å². The van der Waals surface area contributed by atoms with Crippen molar-refractivity contribution < 1.29 is 22.7 Å². The first-order chi connectivity index (χ1) is 6.34. The summed E-state index contributed by atoms with van der Waals surface area (Å²) < 4.78 is 41.2. The minimum absolute atomic E-state index is 0.642. The van der Waals surface area contributed by atoms with Crippen molar-refractivity contribution in [1.82, 2.24) is 0 Å². The van der Waals surface area contributed by atoms with Crippen LogP contribution in [0.25, 0.3) is 0 Å². The van der Waals surface area contributed by atoms with Crippen molar-refractivity contribution in [2.24, 2.45) is 17.3 Å². The SMILES string of the molecule is COC(=O)C1C(C(F)=C(F)F)C1(C)C. The summed E-state index contributed by atoms with van der Waals surface area (Å²) in [6.45, 7) is 3.11. The van der Waals surface area contributed by atoms with E-state index >= 15 is 0 Å². The number of hydrogen-bond acceptors (Lipinski definition) is 2. The number of carbonyl (C=O) groups is 1. The monoisotopic (exact) mass is 208 g/mol. The van der Waals surface area contributed by atoms with Gasteiger partial charge in [0.25, 0.3) is 0 Å². The molecule has 0 spiro atoms.